The van der Waals surface area contributed by atoms with Gasteiger partial charge >= 0.3 is 0 Å². The van der Waals surface area contributed by atoms with Crippen LogP contribution < -0.4 is 10.5 Å². The fraction of sp³-hybridized carbons (Fsp3) is 0.364. The van der Waals surface area contributed by atoms with Crippen LogP contribution in [0.4, 0.5) is 0 Å². The van der Waals surface area contributed by atoms with E-state index in [4.69, 9.17) is 10.5 Å². The van der Waals surface area contributed by atoms with Crippen molar-refractivity contribution in [2.45, 2.75) is 13.8 Å². The van der Waals surface area contributed by atoms with Crippen molar-refractivity contribution in [1.82, 2.24) is 0 Å². The van der Waals surface area contributed by atoms with Gasteiger partial charge in [0.2, 0.25) is 0 Å². The normalized spacial score (nSPS) is 11.6. The summed E-state index contributed by atoms with van der Waals surface area (Å²) in [5.74, 6) is 1.45. The molecule has 14 heavy (non-hydrogen) atoms. The van der Waals surface area contributed by atoms with Crippen LogP contribution >= 0.6 is 0 Å². The lowest BCUT2D eigenvalue weighted by Crippen LogP contribution is -2.15. The van der Waals surface area contributed by atoms with Crippen molar-refractivity contribution in [2.75, 3.05) is 14.2 Å². The van der Waals surface area contributed by atoms with Gasteiger partial charge in [0.15, 0.2) is 0 Å². The minimum atomic E-state index is 0.563. The maximum absolute atomic E-state index is 5.76. The molecule has 1 aromatic carbocycles. The maximum atomic E-state index is 5.76. The fourth-order valence-corrected chi connectivity index (χ4v) is 1.41. The summed E-state index contributed by atoms with van der Waals surface area (Å²) in [5, 5.41) is 0. The topological polar surface area (TPSA) is 47.6 Å². The molecule has 1 aromatic rings. The predicted molar refractivity (Wildman–Crippen MR) is 59.1 cm³/mol. The van der Waals surface area contributed by atoms with Crippen LogP contribution in [0.25, 0.3) is 0 Å². The molecule has 3 heteroatoms. The van der Waals surface area contributed by atoms with E-state index in [1.807, 2.05) is 26.0 Å². The molecule has 2 N–H and O–H groups in total. The van der Waals surface area contributed by atoms with E-state index in [-0.39, 0.29) is 0 Å². The summed E-state index contributed by atoms with van der Waals surface area (Å²) in [6, 6.07) is 3.85. The summed E-state index contributed by atoms with van der Waals surface area (Å²) < 4.78 is 5.21. The average molecular weight is 192 g/mol. The monoisotopic (exact) mass is 192 g/mol. The van der Waals surface area contributed by atoms with E-state index in [2.05, 4.69) is 4.99 Å². The number of amidine groups is 1. The molecule has 0 atom stereocenters. The number of hydrogen-bond acceptors (Lipinski definition) is 2. The van der Waals surface area contributed by atoms with Crippen LogP contribution in [0.1, 0.15) is 16.7 Å². The van der Waals surface area contributed by atoms with Gasteiger partial charge in [-0.1, -0.05) is 0 Å². The molecular weight excluding hydrogens is 176 g/mol. The van der Waals surface area contributed by atoms with Gasteiger partial charge in [0.25, 0.3) is 0 Å². The van der Waals surface area contributed by atoms with E-state index < -0.39 is 0 Å². The van der Waals surface area contributed by atoms with Crippen LogP contribution in [0.2, 0.25) is 0 Å². The van der Waals surface area contributed by atoms with Crippen molar-refractivity contribution in [3.05, 3.63) is 28.8 Å². The number of methoxy groups -OCH3 is 1. The Morgan fingerprint density at radius 1 is 1.29 bits per heavy atom. The SMILES string of the molecule is CN=C(N)c1ccc(OC)c(C)c1C. The summed E-state index contributed by atoms with van der Waals surface area (Å²) in [7, 11) is 3.35. The second-order valence-corrected chi connectivity index (χ2v) is 3.17. The molecule has 0 bridgehead atoms. The Kier molecular flexibility index (Phi) is 3.12. The highest BCUT2D eigenvalue weighted by Gasteiger charge is 2.08. The first-order valence-electron chi connectivity index (χ1n) is 4.48. The first kappa shape index (κ1) is 10.6. The molecule has 76 valence electrons. The van der Waals surface area contributed by atoms with Gasteiger partial charge in [0.05, 0.1) is 7.11 Å². The van der Waals surface area contributed by atoms with E-state index in [0.717, 1.165) is 22.4 Å². The minimum absolute atomic E-state index is 0.563. The Morgan fingerprint density at radius 3 is 2.43 bits per heavy atom. The zero-order valence-electron chi connectivity index (χ0n) is 9.09. The Hall–Kier alpha value is -1.51. The van der Waals surface area contributed by atoms with Crippen LogP contribution in [0.3, 0.4) is 0 Å². The molecule has 0 unspecified atom stereocenters. The van der Waals surface area contributed by atoms with Crippen molar-refractivity contribution >= 4 is 5.84 Å². The number of aliphatic imine (C=N–C) groups is 1. The molecule has 0 radical (unpaired) electrons. The number of rotatable bonds is 2. The van der Waals surface area contributed by atoms with Gasteiger partial charge in [-0.25, -0.2) is 0 Å². The number of ether oxygens (including phenoxy) is 1. The Morgan fingerprint density at radius 2 is 1.93 bits per heavy atom. The lowest BCUT2D eigenvalue weighted by atomic mass is 10.0. The molecule has 0 saturated carbocycles. The standard InChI is InChI=1S/C11H16N2O/c1-7-8(2)10(14-4)6-5-9(7)11(12)13-3/h5-6H,1-4H3,(H2,12,13). The third kappa shape index (κ3) is 1.71. The molecule has 0 spiro atoms. The number of benzene rings is 1. The van der Waals surface area contributed by atoms with Crippen LogP contribution in [-0.4, -0.2) is 20.0 Å². The highest BCUT2D eigenvalue weighted by Crippen LogP contribution is 2.23. The van der Waals surface area contributed by atoms with Gasteiger partial charge in [-0.05, 0) is 37.1 Å². The Balaban J connectivity index is 3.31. The van der Waals surface area contributed by atoms with E-state index in [0.29, 0.717) is 5.84 Å². The lowest BCUT2D eigenvalue weighted by Gasteiger charge is -2.11. The molecule has 0 saturated heterocycles. The smallest absolute Gasteiger partial charge is 0.125 e. The van der Waals surface area contributed by atoms with Crippen LogP contribution in [-0.2, 0) is 0 Å². The zero-order chi connectivity index (χ0) is 10.7. The van der Waals surface area contributed by atoms with Crippen molar-refractivity contribution < 1.29 is 4.74 Å². The molecule has 0 amide bonds. The molecule has 0 aliphatic carbocycles. The third-order valence-electron chi connectivity index (χ3n) is 2.47. The second kappa shape index (κ2) is 4.13. The van der Waals surface area contributed by atoms with E-state index >= 15 is 0 Å². The molecule has 0 aliphatic rings. The van der Waals surface area contributed by atoms with Crippen LogP contribution in [0.5, 0.6) is 5.75 Å². The highest BCUT2D eigenvalue weighted by molar-refractivity contribution is 5.99. The molecule has 0 aliphatic heterocycles. The molecule has 1 rings (SSSR count). The molecular formula is C11H16N2O. The number of hydrogen-bond donors (Lipinski definition) is 1. The third-order valence-corrected chi connectivity index (χ3v) is 2.47. The largest absolute Gasteiger partial charge is 0.496 e. The molecule has 0 heterocycles. The molecule has 0 aromatic heterocycles. The van der Waals surface area contributed by atoms with Crippen molar-refractivity contribution in [1.29, 1.82) is 0 Å². The number of nitrogens with two attached hydrogens (primary N) is 1. The van der Waals surface area contributed by atoms with Crippen LogP contribution in [0.15, 0.2) is 17.1 Å². The van der Waals surface area contributed by atoms with Crippen molar-refractivity contribution in [2.24, 2.45) is 10.7 Å². The summed E-state index contributed by atoms with van der Waals surface area (Å²) in [6.07, 6.45) is 0. The van der Waals surface area contributed by atoms with E-state index in [9.17, 15) is 0 Å². The van der Waals surface area contributed by atoms with Crippen LogP contribution in [0, 0.1) is 13.8 Å². The second-order valence-electron chi connectivity index (χ2n) is 3.17. The Bertz CT molecular complexity index is 370. The quantitative estimate of drug-likeness (QED) is 0.572. The van der Waals surface area contributed by atoms with Crippen molar-refractivity contribution in [3.8, 4) is 5.75 Å². The van der Waals surface area contributed by atoms with Gasteiger partial charge in [0, 0.05) is 12.6 Å². The van der Waals surface area contributed by atoms with Gasteiger partial charge in [-0.2, -0.15) is 0 Å². The van der Waals surface area contributed by atoms with E-state index in [1.54, 1.807) is 14.2 Å². The first-order chi connectivity index (χ1) is 6.61. The zero-order valence-corrected chi connectivity index (χ0v) is 9.09. The average Bonchev–Trinajstić information content (AvgIpc) is 2.21. The summed E-state index contributed by atoms with van der Waals surface area (Å²) in [5.41, 5.74) is 8.97. The summed E-state index contributed by atoms with van der Waals surface area (Å²) >= 11 is 0. The van der Waals surface area contributed by atoms with Gasteiger partial charge in [-0.15, -0.1) is 0 Å². The lowest BCUT2D eigenvalue weighted by molar-refractivity contribution is 0.411. The Labute approximate surface area is 84.6 Å². The van der Waals surface area contributed by atoms with Gasteiger partial charge in [0.1, 0.15) is 11.6 Å². The maximum Gasteiger partial charge on any atom is 0.125 e. The van der Waals surface area contributed by atoms with Gasteiger partial charge in [-0.3, -0.25) is 4.99 Å². The summed E-state index contributed by atoms with van der Waals surface area (Å²) in [6.45, 7) is 4.03. The first-order valence-corrected chi connectivity index (χ1v) is 4.48. The van der Waals surface area contributed by atoms with Crippen molar-refractivity contribution in [3.63, 3.8) is 0 Å². The molecule has 0 fully saturated rings. The summed E-state index contributed by atoms with van der Waals surface area (Å²) in [4.78, 5) is 3.97. The van der Waals surface area contributed by atoms with E-state index in [1.165, 1.54) is 0 Å². The highest BCUT2D eigenvalue weighted by atomic mass is 16.5. The fourth-order valence-electron chi connectivity index (χ4n) is 1.41. The predicted octanol–water partition coefficient (Wildman–Crippen LogP) is 1.65. The minimum Gasteiger partial charge on any atom is -0.496 e. The molecule has 3 nitrogen and oxygen atoms in total. The number of nitrogens with zero attached hydrogens (tertiary/aromatic N) is 1. The van der Waals surface area contributed by atoms with Gasteiger partial charge < -0.3 is 10.5 Å².